The summed E-state index contributed by atoms with van der Waals surface area (Å²) in [5, 5.41) is 4.58. The Morgan fingerprint density at radius 2 is 1.34 bits per heavy atom. The minimum atomic E-state index is -3.91. The predicted octanol–water partition coefficient (Wildman–Crippen LogP) is 5.19. The topological polar surface area (TPSA) is 68.2 Å². The highest BCUT2D eigenvalue weighted by molar-refractivity contribution is 7.89. The van der Waals surface area contributed by atoms with E-state index in [-0.39, 0.29) is 4.90 Å². The summed E-state index contributed by atoms with van der Waals surface area (Å²) in [7, 11) is -0.715. The number of hydrogen-bond donors (Lipinski definition) is 0. The van der Waals surface area contributed by atoms with Gasteiger partial charge in [-0.1, -0.05) is 29.8 Å². The van der Waals surface area contributed by atoms with Crippen molar-refractivity contribution in [3.05, 3.63) is 89.5 Å². The smallest absolute Gasteiger partial charge is 0.279 e. The lowest BCUT2D eigenvalue weighted by Gasteiger charge is -2.27. The summed E-state index contributed by atoms with van der Waals surface area (Å²) >= 11 is 0. The normalized spacial score (nSPS) is 12.8. The molecule has 0 aromatic heterocycles. The van der Waals surface area contributed by atoms with Gasteiger partial charge >= 0.3 is 0 Å². The minimum Gasteiger partial charge on any atom is -0.497 e. The third-order valence-electron chi connectivity index (χ3n) is 5.25. The number of sulfonamides is 1. The Labute approximate surface area is 190 Å². The first-order valence-corrected chi connectivity index (χ1v) is 11.6. The molecule has 168 valence electrons. The second kappa shape index (κ2) is 9.87. The average molecular weight is 453 g/mol. The third kappa shape index (κ3) is 5.11. The second-order valence-corrected chi connectivity index (χ2v) is 9.25. The molecule has 0 N–H and O–H groups in total. The molecule has 1 atom stereocenters. The van der Waals surface area contributed by atoms with Crippen molar-refractivity contribution in [1.29, 1.82) is 0 Å². The van der Waals surface area contributed by atoms with Crippen molar-refractivity contribution in [3.63, 3.8) is 0 Å². The summed E-state index contributed by atoms with van der Waals surface area (Å²) in [4.78, 5) is 0.190. The fourth-order valence-corrected chi connectivity index (χ4v) is 4.68. The highest BCUT2D eigenvalue weighted by Gasteiger charge is 2.29. The van der Waals surface area contributed by atoms with E-state index in [4.69, 9.17) is 9.47 Å². The van der Waals surface area contributed by atoms with Gasteiger partial charge in [-0.05, 0) is 80.4 Å². The first kappa shape index (κ1) is 23.3. The van der Waals surface area contributed by atoms with Crippen LogP contribution in [-0.4, -0.2) is 32.8 Å². The number of hydrazone groups is 1. The fraction of sp³-hybridized carbons (Fsp3) is 0.240. The highest BCUT2D eigenvalue weighted by atomic mass is 32.2. The molecule has 32 heavy (non-hydrogen) atoms. The van der Waals surface area contributed by atoms with Crippen LogP contribution in [0.1, 0.15) is 36.6 Å². The zero-order chi connectivity index (χ0) is 23.3. The molecular formula is C25H28N2O4S. The maximum absolute atomic E-state index is 13.6. The van der Waals surface area contributed by atoms with E-state index < -0.39 is 16.1 Å². The van der Waals surface area contributed by atoms with Crippen molar-refractivity contribution in [1.82, 2.24) is 4.41 Å². The van der Waals surface area contributed by atoms with Crippen LogP contribution in [0.25, 0.3) is 0 Å². The summed E-state index contributed by atoms with van der Waals surface area (Å²) in [5.41, 5.74) is 3.16. The zero-order valence-corrected chi connectivity index (χ0v) is 19.8. The summed E-state index contributed by atoms with van der Waals surface area (Å²) in [5.74, 6) is 1.42. The molecule has 0 heterocycles. The molecule has 0 aliphatic carbocycles. The van der Waals surface area contributed by atoms with Gasteiger partial charge in [-0.15, -0.1) is 0 Å². The number of aryl methyl sites for hydroxylation is 1. The average Bonchev–Trinajstić information content (AvgIpc) is 2.82. The molecular weight excluding hydrogens is 424 g/mol. The van der Waals surface area contributed by atoms with Gasteiger partial charge < -0.3 is 9.47 Å². The van der Waals surface area contributed by atoms with E-state index in [2.05, 4.69) is 5.10 Å². The molecule has 0 aliphatic heterocycles. The van der Waals surface area contributed by atoms with E-state index >= 15 is 0 Å². The van der Waals surface area contributed by atoms with Gasteiger partial charge in [0.2, 0.25) is 0 Å². The van der Waals surface area contributed by atoms with Crippen molar-refractivity contribution >= 4 is 15.7 Å². The molecule has 0 bridgehead atoms. The molecule has 0 fully saturated rings. The van der Waals surface area contributed by atoms with Crippen LogP contribution in [-0.2, 0) is 10.0 Å². The van der Waals surface area contributed by atoms with Gasteiger partial charge in [0.1, 0.15) is 11.5 Å². The lowest BCUT2D eigenvalue weighted by atomic mass is 10.1. The maximum Gasteiger partial charge on any atom is 0.279 e. The summed E-state index contributed by atoms with van der Waals surface area (Å²) in [6, 6.07) is 20.9. The number of methoxy groups -OCH3 is 2. The number of benzene rings is 3. The van der Waals surface area contributed by atoms with Gasteiger partial charge in [-0.2, -0.15) is 17.9 Å². The Bertz CT molecular complexity index is 1170. The minimum absolute atomic E-state index is 0.190. The van der Waals surface area contributed by atoms with E-state index in [0.717, 1.165) is 22.4 Å². The van der Waals surface area contributed by atoms with Crippen molar-refractivity contribution in [2.45, 2.75) is 31.7 Å². The van der Waals surface area contributed by atoms with Crippen molar-refractivity contribution in [2.75, 3.05) is 14.2 Å². The molecule has 0 radical (unpaired) electrons. The van der Waals surface area contributed by atoms with E-state index in [1.165, 1.54) is 4.41 Å². The van der Waals surface area contributed by atoms with Crippen LogP contribution in [0.15, 0.2) is 82.8 Å². The molecule has 0 saturated heterocycles. The Kier molecular flexibility index (Phi) is 7.20. The predicted molar refractivity (Wildman–Crippen MR) is 127 cm³/mol. The van der Waals surface area contributed by atoms with Gasteiger partial charge in [0.15, 0.2) is 0 Å². The summed E-state index contributed by atoms with van der Waals surface area (Å²) in [6.07, 6.45) is 0. The van der Waals surface area contributed by atoms with Crippen molar-refractivity contribution in [2.24, 2.45) is 5.10 Å². The van der Waals surface area contributed by atoms with Gasteiger partial charge in [0.25, 0.3) is 10.0 Å². The van der Waals surface area contributed by atoms with Crippen LogP contribution in [0.2, 0.25) is 0 Å². The Morgan fingerprint density at radius 1 is 0.844 bits per heavy atom. The summed E-state index contributed by atoms with van der Waals surface area (Å²) < 4.78 is 38.9. The van der Waals surface area contributed by atoms with Gasteiger partial charge in [0.05, 0.1) is 30.9 Å². The second-order valence-electron chi connectivity index (χ2n) is 7.45. The Morgan fingerprint density at radius 3 is 1.84 bits per heavy atom. The summed E-state index contributed by atoms with van der Waals surface area (Å²) in [6.45, 7) is 5.53. The van der Waals surface area contributed by atoms with Crippen LogP contribution >= 0.6 is 0 Å². The van der Waals surface area contributed by atoms with E-state index in [1.54, 1.807) is 45.4 Å². The van der Waals surface area contributed by atoms with Crippen LogP contribution in [0, 0.1) is 6.92 Å². The molecule has 0 amide bonds. The van der Waals surface area contributed by atoms with E-state index in [1.807, 2.05) is 62.4 Å². The number of ether oxygens (including phenoxy) is 2. The van der Waals surface area contributed by atoms with Crippen LogP contribution in [0.3, 0.4) is 0 Å². The number of rotatable bonds is 8. The molecule has 3 aromatic carbocycles. The highest BCUT2D eigenvalue weighted by Crippen LogP contribution is 2.30. The lowest BCUT2D eigenvalue weighted by molar-refractivity contribution is 0.357. The largest absolute Gasteiger partial charge is 0.497 e. The van der Waals surface area contributed by atoms with Crippen molar-refractivity contribution in [3.8, 4) is 11.5 Å². The van der Waals surface area contributed by atoms with Gasteiger partial charge in [-0.3, -0.25) is 0 Å². The van der Waals surface area contributed by atoms with E-state index in [9.17, 15) is 8.42 Å². The van der Waals surface area contributed by atoms with Crippen molar-refractivity contribution < 1.29 is 17.9 Å². The fourth-order valence-electron chi connectivity index (χ4n) is 3.21. The lowest BCUT2D eigenvalue weighted by Crippen LogP contribution is -2.30. The van der Waals surface area contributed by atoms with Gasteiger partial charge in [0, 0.05) is 0 Å². The Balaban J connectivity index is 2.07. The number of hydrogen-bond acceptors (Lipinski definition) is 5. The molecule has 3 aromatic rings. The van der Waals surface area contributed by atoms with Gasteiger partial charge in [-0.25, -0.2) is 0 Å². The molecule has 0 aliphatic rings. The SMILES string of the molecule is COc1ccc(/C(C)=N/N(C(C)c2ccc(OC)cc2)S(=O)(=O)c2ccc(C)cc2)cc1. The molecule has 0 spiro atoms. The molecule has 7 heteroatoms. The monoisotopic (exact) mass is 452 g/mol. The van der Waals surface area contributed by atoms with Crippen LogP contribution < -0.4 is 9.47 Å². The quantitative estimate of drug-likeness (QED) is 0.348. The molecule has 0 saturated carbocycles. The first-order chi connectivity index (χ1) is 15.3. The first-order valence-electron chi connectivity index (χ1n) is 10.2. The van der Waals surface area contributed by atoms with Crippen LogP contribution in [0.5, 0.6) is 11.5 Å². The molecule has 3 rings (SSSR count). The Hall–Kier alpha value is -3.32. The molecule has 6 nitrogen and oxygen atoms in total. The van der Waals surface area contributed by atoms with E-state index in [0.29, 0.717) is 11.5 Å². The maximum atomic E-state index is 13.6. The third-order valence-corrected chi connectivity index (χ3v) is 7.01. The number of nitrogens with zero attached hydrogens (tertiary/aromatic N) is 2. The molecule has 1 unspecified atom stereocenters. The van der Waals surface area contributed by atoms with Crippen LogP contribution in [0.4, 0.5) is 0 Å². The zero-order valence-electron chi connectivity index (χ0n) is 18.9. The standard InChI is InChI=1S/C25H28N2O4S/c1-18-6-16-25(17-7-18)32(28,29)27(20(3)22-10-14-24(31-5)15-11-22)26-19(2)21-8-12-23(30-4)13-9-21/h6-17,20H,1-5H3/b26-19+.